The lowest BCUT2D eigenvalue weighted by Gasteiger charge is -2.33. The van der Waals surface area contributed by atoms with Crippen molar-refractivity contribution in [3.63, 3.8) is 0 Å². The van der Waals surface area contributed by atoms with Gasteiger partial charge in [0.05, 0.1) is 0 Å². The summed E-state index contributed by atoms with van der Waals surface area (Å²) in [6, 6.07) is 2.31. The number of rotatable bonds is 6. The predicted octanol–water partition coefficient (Wildman–Crippen LogP) is 3.95. The Balaban J connectivity index is 1.56. The Morgan fingerprint density at radius 3 is 3.04 bits per heavy atom. The molecule has 1 unspecified atom stereocenters. The number of piperidine rings is 1. The third-order valence-electron chi connectivity index (χ3n) is 4.83. The summed E-state index contributed by atoms with van der Waals surface area (Å²) in [6.07, 6.45) is 4.77. The summed E-state index contributed by atoms with van der Waals surface area (Å²) >= 11 is 1.62. The van der Waals surface area contributed by atoms with E-state index < -0.39 is 0 Å². The molecule has 25 heavy (non-hydrogen) atoms. The van der Waals surface area contributed by atoms with Gasteiger partial charge in [0.15, 0.2) is 0 Å². The Hall–Kier alpha value is -1.89. The van der Waals surface area contributed by atoms with Crippen molar-refractivity contribution in [1.82, 2.24) is 20.4 Å². The summed E-state index contributed by atoms with van der Waals surface area (Å²) < 4.78 is 5.41. The van der Waals surface area contributed by atoms with Crippen LogP contribution in [0.3, 0.4) is 0 Å². The van der Waals surface area contributed by atoms with Crippen LogP contribution in [0.15, 0.2) is 21.3 Å². The van der Waals surface area contributed by atoms with Crippen LogP contribution in [0, 0.1) is 5.92 Å². The summed E-state index contributed by atoms with van der Waals surface area (Å²) in [7, 11) is 0. The first-order valence-corrected chi connectivity index (χ1v) is 10.0. The molecule has 0 bridgehead atoms. The van der Waals surface area contributed by atoms with E-state index in [0.29, 0.717) is 17.6 Å². The molecule has 3 heterocycles. The number of aromatic nitrogens is 2. The van der Waals surface area contributed by atoms with Crippen LogP contribution in [0.4, 0.5) is 4.79 Å². The van der Waals surface area contributed by atoms with E-state index in [2.05, 4.69) is 29.3 Å². The fourth-order valence-electron chi connectivity index (χ4n) is 3.27. The molecular formula is C18H26N4O2S. The van der Waals surface area contributed by atoms with Crippen molar-refractivity contribution in [2.75, 3.05) is 13.1 Å². The van der Waals surface area contributed by atoms with Gasteiger partial charge in [-0.15, -0.1) is 0 Å². The molecule has 2 amide bonds. The van der Waals surface area contributed by atoms with Gasteiger partial charge in [-0.2, -0.15) is 16.3 Å². The van der Waals surface area contributed by atoms with E-state index in [-0.39, 0.29) is 12.1 Å². The maximum Gasteiger partial charge on any atom is 0.317 e. The number of carbonyl (C=O) groups excluding carboxylic acids is 1. The Labute approximate surface area is 152 Å². The first kappa shape index (κ1) is 17.9. The lowest BCUT2D eigenvalue weighted by atomic mass is 9.95. The molecule has 0 spiro atoms. The molecule has 136 valence electrons. The molecule has 1 N–H and O–H groups in total. The van der Waals surface area contributed by atoms with Gasteiger partial charge in [-0.1, -0.05) is 19.0 Å². The van der Waals surface area contributed by atoms with Gasteiger partial charge in [-0.25, -0.2) is 4.79 Å². The molecule has 0 saturated carbocycles. The molecular weight excluding hydrogens is 336 g/mol. The largest absolute Gasteiger partial charge is 0.339 e. The minimum atomic E-state index is 0.0582. The Morgan fingerprint density at radius 2 is 2.32 bits per heavy atom. The second-order valence-corrected chi connectivity index (χ2v) is 7.43. The molecule has 1 fully saturated rings. The fraction of sp³-hybridized carbons (Fsp3) is 0.611. The van der Waals surface area contributed by atoms with E-state index in [9.17, 15) is 4.79 Å². The summed E-state index contributed by atoms with van der Waals surface area (Å²) in [6.45, 7) is 5.79. The number of likely N-dealkylation sites (tertiary alicyclic amines) is 1. The highest BCUT2D eigenvalue weighted by Gasteiger charge is 2.26. The molecule has 0 radical (unpaired) electrons. The number of nitrogens with zero attached hydrogens (tertiary/aromatic N) is 3. The lowest BCUT2D eigenvalue weighted by molar-refractivity contribution is 0.158. The highest BCUT2D eigenvalue weighted by Crippen LogP contribution is 2.23. The van der Waals surface area contributed by atoms with Crippen LogP contribution >= 0.6 is 11.3 Å². The molecule has 2 aromatic heterocycles. The fourth-order valence-corrected chi connectivity index (χ4v) is 3.90. The van der Waals surface area contributed by atoms with Gasteiger partial charge in [0.25, 0.3) is 0 Å². The van der Waals surface area contributed by atoms with E-state index in [1.165, 1.54) is 0 Å². The van der Waals surface area contributed by atoms with Crippen molar-refractivity contribution < 1.29 is 9.32 Å². The van der Waals surface area contributed by atoms with Crippen LogP contribution in [-0.4, -0.2) is 40.2 Å². The smallest absolute Gasteiger partial charge is 0.317 e. The molecule has 3 rings (SSSR count). The molecule has 0 aromatic carbocycles. The van der Waals surface area contributed by atoms with Crippen molar-refractivity contribution >= 4 is 17.4 Å². The summed E-state index contributed by atoms with van der Waals surface area (Å²) in [4.78, 5) is 18.9. The Morgan fingerprint density at radius 1 is 1.48 bits per heavy atom. The van der Waals surface area contributed by atoms with Crippen LogP contribution in [0.25, 0.3) is 11.4 Å². The average molecular weight is 362 g/mol. The topological polar surface area (TPSA) is 71.3 Å². The summed E-state index contributed by atoms with van der Waals surface area (Å²) in [5.74, 6) is 1.68. The van der Waals surface area contributed by atoms with E-state index >= 15 is 0 Å². The second kappa shape index (κ2) is 8.47. The summed E-state index contributed by atoms with van der Waals surface area (Å²) in [5.41, 5.74) is 0.995. The van der Waals surface area contributed by atoms with Gasteiger partial charge >= 0.3 is 6.03 Å². The Kier molecular flexibility index (Phi) is 6.07. The molecule has 1 aliphatic heterocycles. The number of carbonyl (C=O) groups is 1. The zero-order valence-corrected chi connectivity index (χ0v) is 15.7. The standard InChI is InChI=1S/C18H26N4O2S/c1-3-15(4-2)19-18(23)22-8-5-6-13(11-22)10-16-20-17(21-24-16)14-7-9-25-12-14/h7,9,12-13,15H,3-6,8,10-11H2,1-2H3,(H,19,23). The summed E-state index contributed by atoms with van der Waals surface area (Å²) in [5, 5.41) is 11.2. The highest BCUT2D eigenvalue weighted by molar-refractivity contribution is 7.08. The number of nitrogens with one attached hydrogen (secondary N) is 1. The van der Waals surface area contributed by atoms with Crippen molar-refractivity contribution in [2.45, 2.75) is 52.0 Å². The first-order chi connectivity index (χ1) is 12.2. The lowest BCUT2D eigenvalue weighted by Crippen LogP contribution is -2.48. The van der Waals surface area contributed by atoms with Crippen molar-refractivity contribution in [3.8, 4) is 11.4 Å². The number of urea groups is 1. The van der Waals surface area contributed by atoms with E-state index in [0.717, 1.165) is 50.8 Å². The number of thiophene rings is 1. The van der Waals surface area contributed by atoms with Gasteiger partial charge in [0.2, 0.25) is 11.7 Å². The SMILES string of the molecule is CCC(CC)NC(=O)N1CCCC(Cc2nc(-c3ccsc3)no2)C1. The normalized spacial score (nSPS) is 17.9. The molecule has 2 aromatic rings. The van der Waals surface area contributed by atoms with Gasteiger partial charge < -0.3 is 14.7 Å². The van der Waals surface area contributed by atoms with Crippen LogP contribution < -0.4 is 5.32 Å². The van der Waals surface area contributed by atoms with Crippen LogP contribution in [-0.2, 0) is 6.42 Å². The maximum absolute atomic E-state index is 12.4. The van der Waals surface area contributed by atoms with E-state index in [1.807, 2.05) is 21.7 Å². The Bertz CT molecular complexity index is 666. The number of hydrogen-bond acceptors (Lipinski definition) is 5. The maximum atomic E-state index is 12.4. The van der Waals surface area contributed by atoms with Crippen molar-refractivity contribution in [1.29, 1.82) is 0 Å². The zero-order chi connectivity index (χ0) is 17.6. The monoisotopic (exact) mass is 362 g/mol. The van der Waals surface area contributed by atoms with Gasteiger partial charge in [-0.3, -0.25) is 0 Å². The molecule has 1 saturated heterocycles. The van der Waals surface area contributed by atoms with Crippen molar-refractivity contribution in [2.24, 2.45) is 5.92 Å². The van der Waals surface area contributed by atoms with E-state index in [1.54, 1.807) is 11.3 Å². The third kappa shape index (κ3) is 4.60. The van der Waals surface area contributed by atoms with Crippen LogP contribution in [0.5, 0.6) is 0 Å². The first-order valence-electron chi connectivity index (χ1n) is 9.10. The predicted molar refractivity (Wildman–Crippen MR) is 98.5 cm³/mol. The van der Waals surface area contributed by atoms with Gasteiger partial charge in [-0.05, 0) is 43.0 Å². The number of hydrogen-bond donors (Lipinski definition) is 1. The minimum absolute atomic E-state index is 0.0582. The molecule has 1 atom stereocenters. The van der Waals surface area contributed by atoms with Crippen LogP contribution in [0.1, 0.15) is 45.4 Å². The molecule has 1 aliphatic rings. The van der Waals surface area contributed by atoms with Crippen molar-refractivity contribution in [3.05, 3.63) is 22.7 Å². The molecule has 6 nitrogen and oxygen atoms in total. The quantitative estimate of drug-likeness (QED) is 0.844. The van der Waals surface area contributed by atoms with Crippen LogP contribution in [0.2, 0.25) is 0 Å². The number of amides is 2. The molecule has 7 heteroatoms. The van der Waals surface area contributed by atoms with E-state index in [4.69, 9.17) is 4.52 Å². The minimum Gasteiger partial charge on any atom is -0.339 e. The van der Waals surface area contributed by atoms with Gasteiger partial charge in [0, 0.05) is 36.5 Å². The highest BCUT2D eigenvalue weighted by atomic mass is 32.1. The van der Waals surface area contributed by atoms with Gasteiger partial charge in [0.1, 0.15) is 0 Å². The third-order valence-corrected chi connectivity index (χ3v) is 5.51. The average Bonchev–Trinajstić information content (AvgIpc) is 3.31. The zero-order valence-electron chi connectivity index (χ0n) is 14.9. The second-order valence-electron chi connectivity index (χ2n) is 6.65. The molecule has 0 aliphatic carbocycles.